The quantitative estimate of drug-likeness (QED) is 0.613. The molecule has 0 aliphatic rings. The molecule has 1 aromatic heterocycles. The minimum Gasteiger partial charge on any atom is -0.399 e. The number of benzene rings is 2. The molecule has 4 N–H and O–H groups in total. The van der Waals surface area contributed by atoms with Crippen molar-refractivity contribution in [2.45, 2.75) is 19.3 Å². The number of aryl methyl sites for hydroxylation is 1. The molecule has 1 heterocycles. The first kappa shape index (κ1) is 15.2. The molecule has 4 heteroatoms. The number of hydrogen-bond acceptors (Lipinski definition) is 2. The van der Waals surface area contributed by atoms with Gasteiger partial charge in [0, 0.05) is 35.8 Å². The van der Waals surface area contributed by atoms with Crippen molar-refractivity contribution in [1.29, 1.82) is 0 Å². The lowest BCUT2D eigenvalue weighted by Crippen LogP contribution is -2.25. The van der Waals surface area contributed by atoms with Crippen LogP contribution in [0.15, 0.2) is 54.7 Å². The van der Waals surface area contributed by atoms with Crippen LogP contribution in [0.5, 0.6) is 0 Å². The van der Waals surface area contributed by atoms with Crippen LogP contribution in [0.25, 0.3) is 10.9 Å². The van der Waals surface area contributed by atoms with Crippen molar-refractivity contribution in [1.82, 2.24) is 10.3 Å². The summed E-state index contributed by atoms with van der Waals surface area (Å²) < 4.78 is 0. The summed E-state index contributed by atoms with van der Waals surface area (Å²) in [5, 5.41) is 4.22. The molecule has 0 spiro atoms. The van der Waals surface area contributed by atoms with E-state index in [-0.39, 0.29) is 5.91 Å². The van der Waals surface area contributed by atoms with Gasteiger partial charge in [-0.1, -0.05) is 30.3 Å². The zero-order valence-corrected chi connectivity index (χ0v) is 13.0. The highest BCUT2D eigenvalue weighted by Crippen LogP contribution is 2.17. The predicted molar refractivity (Wildman–Crippen MR) is 94.2 cm³/mol. The monoisotopic (exact) mass is 307 g/mol. The van der Waals surface area contributed by atoms with Gasteiger partial charge in [-0.05, 0) is 42.2 Å². The molecule has 0 saturated heterocycles. The Morgan fingerprint density at radius 1 is 1.04 bits per heavy atom. The van der Waals surface area contributed by atoms with Gasteiger partial charge in [0.05, 0.1) is 0 Å². The maximum Gasteiger partial charge on any atom is 0.220 e. The minimum absolute atomic E-state index is 0.0849. The van der Waals surface area contributed by atoms with Crippen LogP contribution in [0.1, 0.15) is 17.5 Å². The van der Waals surface area contributed by atoms with Gasteiger partial charge in [-0.25, -0.2) is 0 Å². The molecule has 4 nitrogen and oxygen atoms in total. The standard InChI is InChI=1S/C19H21N3O/c20-16-8-5-14(6-9-16)7-10-19(23)21-12-11-15-13-22-18-4-2-1-3-17(15)18/h1-6,8-9,13,22H,7,10-12,20H2,(H,21,23). The Hall–Kier alpha value is -2.75. The average molecular weight is 307 g/mol. The highest BCUT2D eigenvalue weighted by Gasteiger charge is 2.05. The molecule has 1 amide bonds. The van der Waals surface area contributed by atoms with Gasteiger partial charge < -0.3 is 16.0 Å². The lowest BCUT2D eigenvalue weighted by atomic mass is 10.1. The van der Waals surface area contributed by atoms with Gasteiger partial charge in [-0.15, -0.1) is 0 Å². The molecule has 3 rings (SSSR count). The first-order valence-corrected chi connectivity index (χ1v) is 7.88. The maximum atomic E-state index is 11.9. The second-order valence-electron chi connectivity index (χ2n) is 5.70. The fourth-order valence-corrected chi connectivity index (χ4v) is 2.71. The van der Waals surface area contributed by atoms with Crippen LogP contribution < -0.4 is 11.1 Å². The number of hydrogen-bond donors (Lipinski definition) is 3. The van der Waals surface area contributed by atoms with E-state index in [1.807, 2.05) is 42.6 Å². The Morgan fingerprint density at radius 3 is 2.65 bits per heavy atom. The van der Waals surface area contributed by atoms with Gasteiger partial charge in [0.2, 0.25) is 5.91 Å². The molecule has 0 radical (unpaired) electrons. The second kappa shape index (κ2) is 7.01. The van der Waals surface area contributed by atoms with E-state index in [1.54, 1.807) is 0 Å². The average Bonchev–Trinajstić information content (AvgIpc) is 2.98. The number of nitrogens with one attached hydrogen (secondary N) is 2. The second-order valence-corrected chi connectivity index (χ2v) is 5.70. The van der Waals surface area contributed by atoms with Gasteiger partial charge >= 0.3 is 0 Å². The zero-order valence-electron chi connectivity index (χ0n) is 13.0. The van der Waals surface area contributed by atoms with Crippen LogP contribution in [0, 0.1) is 0 Å². The van der Waals surface area contributed by atoms with Crippen LogP contribution in [-0.2, 0) is 17.6 Å². The van der Waals surface area contributed by atoms with Crippen molar-refractivity contribution in [3.05, 3.63) is 65.9 Å². The molecule has 0 fully saturated rings. The number of para-hydroxylation sites is 1. The van der Waals surface area contributed by atoms with Crippen molar-refractivity contribution < 1.29 is 4.79 Å². The summed E-state index contributed by atoms with van der Waals surface area (Å²) in [6.07, 6.45) is 4.08. The first-order chi connectivity index (χ1) is 11.2. The molecule has 0 unspecified atom stereocenters. The van der Waals surface area contributed by atoms with Crippen LogP contribution in [0.2, 0.25) is 0 Å². The Labute approximate surface area is 135 Å². The fraction of sp³-hybridized carbons (Fsp3) is 0.211. The SMILES string of the molecule is Nc1ccc(CCC(=O)NCCc2c[nH]c3ccccc23)cc1. The lowest BCUT2D eigenvalue weighted by Gasteiger charge is -2.05. The topological polar surface area (TPSA) is 70.9 Å². The number of fused-ring (bicyclic) bond motifs is 1. The van der Waals surface area contributed by atoms with Crippen molar-refractivity contribution in [2.24, 2.45) is 0 Å². The molecule has 118 valence electrons. The van der Waals surface area contributed by atoms with Gasteiger partial charge in [0.25, 0.3) is 0 Å². The Balaban J connectivity index is 1.45. The van der Waals surface area contributed by atoms with Crippen molar-refractivity contribution in [3.63, 3.8) is 0 Å². The van der Waals surface area contributed by atoms with E-state index in [0.717, 1.165) is 29.6 Å². The molecular weight excluding hydrogens is 286 g/mol. The smallest absolute Gasteiger partial charge is 0.220 e. The third kappa shape index (κ3) is 3.92. The summed E-state index contributed by atoms with van der Waals surface area (Å²) in [5.74, 6) is 0.0849. The number of aromatic nitrogens is 1. The van der Waals surface area contributed by atoms with Gasteiger partial charge in [-0.3, -0.25) is 4.79 Å². The van der Waals surface area contributed by atoms with E-state index in [9.17, 15) is 4.79 Å². The maximum absolute atomic E-state index is 11.9. The Kier molecular flexibility index (Phi) is 4.62. The molecule has 3 aromatic rings. The predicted octanol–water partition coefficient (Wildman–Crippen LogP) is 3.04. The number of carbonyl (C=O) groups excluding carboxylic acids is 1. The van der Waals surface area contributed by atoms with Crippen LogP contribution in [0.3, 0.4) is 0 Å². The molecule has 0 aliphatic carbocycles. The summed E-state index contributed by atoms with van der Waals surface area (Å²) in [7, 11) is 0. The van der Waals surface area contributed by atoms with Crippen LogP contribution in [-0.4, -0.2) is 17.4 Å². The minimum atomic E-state index is 0.0849. The van der Waals surface area contributed by atoms with Gasteiger partial charge in [0.15, 0.2) is 0 Å². The number of aromatic amines is 1. The highest BCUT2D eigenvalue weighted by molar-refractivity contribution is 5.83. The zero-order chi connectivity index (χ0) is 16.1. The molecule has 23 heavy (non-hydrogen) atoms. The van der Waals surface area contributed by atoms with Crippen molar-refractivity contribution >= 4 is 22.5 Å². The summed E-state index contributed by atoms with van der Waals surface area (Å²) in [6, 6.07) is 15.9. The molecular formula is C19H21N3O. The summed E-state index contributed by atoms with van der Waals surface area (Å²) in [4.78, 5) is 15.2. The molecule has 0 bridgehead atoms. The van der Waals surface area contributed by atoms with E-state index >= 15 is 0 Å². The van der Waals surface area contributed by atoms with E-state index in [0.29, 0.717) is 13.0 Å². The summed E-state index contributed by atoms with van der Waals surface area (Å²) in [5.41, 5.74) is 9.90. The highest BCUT2D eigenvalue weighted by atomic mass is 16.1. The summed E-state index contributed by atoms with van der Waals surface area (Å²) in [6.45, 7) is 0.655. The van der Waals surface area contributed by atoms with E-state index < -0.39 is 0 Å². The largest absolute Gasteiger partial charge is 0.399 e. The number of rotatable bonds is 6. The Bertz CT molecular complexity index is 790. The van der Waals surface area contributed by atoms with Crippen molar-refractivity contribution in [3.8, 4) is 0 Å². The van der Waals surface area contributed by atoms with Crippen LogP contribution in [0.4, 0.5) is 5.69 Å². The van der Waals surface area contributed by atoms with Crippen molar-refractivity contribution in [2.75, 3.05) is 12.3 Å². The van der Waals surface area contributed by atoms with E-state index in [1.165, 1.54) is 10.9 Å². The van der Waals surface area contributed by atoms with Crippen LogP contribution >= 0.6 is 0 Å². The van der Waals surface area contributed by atoms with Gasteiger partial charge in [-0.2, -0.15) is 0 Å². The summed E-state index contributed by atoms with van der Waals surface area (Å²) >= 11 is 0. The molecule has 0 saturated carbocycles. The fourth-order valence-electron chi connectivity index (χ4n) is 2.71. The molecule has 0 atom stereocenters. The van der Waals surface area contributed by atoms with E-state index in [4.69, 9.17) is 5.73 Å². The number of nitrogens with two attached hydrogens (primary N) is 1. The number of amides is 1. The van der Waals surface area contributed by atoms with E-state index in [2.05, 4.69) is 22.4 Å². The number of anilines is 1. The normalized spacial score (nSPS) is 10.8. The number of H-pyrrole nitrogens is 1. The Morgan fingerprint density at radius 2 is 1.83 bits per heavy atom. The molecule has 0 aliphatic heterocycles. The third-order valence-corrected chi connectivity index (χ3v) is 4.01. The number of nitrogen functional groups attached to an aromatic ring is 1. The number of carbonyl (C=O) groups is 1. The lowest BCUT2D eigenvalue weighted by molar-refractivity contribution is -0.121. The molecule has 2 aromatic carbocycles. The first-order valence-electron chi connectivity index (χ1n) is 7.88. The van der Waals surface area contributed by atoms with Gasteiger partial charge in [0.1, 0.15) is 0 Å². The third-order valence-electron chi connectivity index (χ3n) is 4.01.